The van der Waals surface area contributed by atoms with Crippen molar-refractivity contribution in [2.45, 2.75) is 25.3 Å². The van der Waals surface area contributed by atoms with Crippen molar-refractivity contribution in [2.75, 3.05) is 13.1 Å². The van der Waals surface area contributed by atoms with Crippen molar-refractivity contribution >= 4 is 5.91 Å². The van der Waals surface area contributed by atoms with Crippen LogP contribution in [0.1, 0.15) is 19.3 Å². The molecule has 1 aliphatic rings. The highest BCUT2D eigenvalue weighted by atomic mass is 16.1. The van der Waals surface area contributed by atoms with Gasteiger partial charge in [0.1, 0.15) is 0 Å². The number of nitrogens with one attached hydrogen (secondary N) is 2. The van der Waals surface area contributed by atoms with Crippen molar-refractivity contribution in [3.63, 3.8) is 0 Å². The predicted octanol–water partition coefficient (Wildman–Crippen LogP) is 0.431. The molecule has 12 heavy (non-hydrogen) atoms. The Morgan fingerprint density at radius 2 is 2.58 bits per heavy atom. The Morgan fingerprint density at radius 1 is 1.75 bits per heavy atom. The van der Waals surface area contributed by atoms with Gasteiger partial charge in [-0.3, -0.25) is 4.79 Å². The summed E-state index contributed by atoms with van der Waals surface area (Å²) in [5, 5.41) is 6.13. The topological polar surface area (TPSA) is 41.1 Å². The van der Waals surface area contributed by atoms with E-state index in [0.717, 1.165) is 19.5 Å². The van der Waals surface area contributed by atoms with Gasteiger partial charge in [-0.2, -0.15) is 0 Å². The van der Waals surface area contributed by atoms with E-state index in [2.05, 4.69) is 17.2 Å². The first-order chi connectivity index (χ1) is 5.83. The lowest BCUT2D eigenvalue weighted by Crippen LogP contribution is -2.29. The lowest BCUT2D eigenvalue weighted by molar-refractivity contribution is -0.116. The maximum atomic E-state index is 10.7. The molecule has 0 bridgehead atoms. The van der Waals surface area contributed by atoms with Gasteiger partial charge in [0.25, 0.3) is 0 Å². The SMILES string of the molecule is C=CC(=O)NCC[C@@H]1CCCN1. The highest BCUT2D eigenvalue weighted by Crippen LogP contribution is 2.07. The minimum atomic E-state index is -0.0759. The molecule has 3 heteroatoms. The van der Waals surface area contributed by atoms with Crippen LogP contribution in [0, 0.1) is 0 Å². The summed E-state index contributed by atoms with van der Waals surface area (Å²) >= 11 is 0. The zero-order valence-corrected chi connectivity index (χ0v) is 7.31. The number of hydrogen-bond donors (Lipinski definition) is 2. The molecule has 2 N–H and O–H groups in total. The lowest BCUT2D eigenvalue weighted by Gasteiger charge is -2.09. The molecule has 0 radical (unpaired) electrons. The van der Waals surface area contributed by atoms with E-state index >= 15 is 0 Å². The van der Waals surface area contributed by atoms with E-state index in [1.807, 2.05) is 0 Å². The molecular formula is C9H16N2O. The zero-order valence-electron chi connectivity index (χ0n) is 7.31. The second-order valence-electron chi connectivity index (χ2n) is 3.08. The van der Waals surface area contributed by atoms with E-state index < -0.39 is 0 Å². The van der Waals surface area contributed by atoms with Crippen LogP contribution in [0.25, 0.3) is 0 Å². The van der Waals surface area contributed by atoms with Crippen LogP contribution < -0.4 is 10.6 Å². The molecule has 3 nitrogen and oxygen atoms in total. The maximum absolute atomic E-state index is 10.7. The van der Waals surface area contributed by atoms with Gasteiger partial charge in [-0.1, -0.05) is 6.58 Å². The fourth-order valence-electron chi connectivity index (χ4n) is 1.44. The van der Waals surface area contributed by atoms with Crippen LogP contribution >= 0.6 is 0 Å². The van der Waals surface area contributed by atoms with Crippen molar-refractivity contribution in [3.05, 3.63) is 12.7 Å². The van der Waals surface area contributed by atoms with Crippen molar-refractivity contribution in [1.82, 2.24) is 10.6 Å². The van der Waals surface area contributed by atoms with Gasteiger partial charge in [-0.15, -0.1) is 0 Å². The molecular weight excluding hydrogens is 152 g/mol. The first-order valence-corrected chi connectivity index (χ1v) is 4.46. The molecule has 68 valence electrons. The molecule has 1 atom stereocenters. The lowest BCUT2D eigenvalue weighted by atomic mass is 10.1. The fraction of sp³-hybridized carbons (Fsp3) is 0.667. The Morgan fingerprint density at radius 3 is 3.17 bits per heavy atom. The summed E-state index contributed by atoms with van der Waals surface area (Å²) in [4.78, 5) is 10.7. The van der Waals surface area contributed by atoms with Gasteiger partial charge in [0.05, 0.1) is 0 Å². The van der Waals surface area contributed by atoms with E-state index in [1.165, 1.54) is 18.9 Å². The molecule has 1 saturated heterocycles. The van der Waals surface area contributed by atoms with Crippen LogP contribution in [-0.2, 0) is 4.79 Å². The Kier molecular flexibility index (Phi) is 3.80. The number of hydrogen-bond acceptors (Lipinski definition) is 2. The monoisotopic (exact) mass is 168 g/mol. The Hall–Kier alpha value is -0.830. The van der Waals surface area contributed by atoms with Gasteiger partial charge < -0.3 is 10.6 Å². The van der Waals surface area contributed by atoms with E-state index in [4.69, 9.17) is 0 Å². The number of carbonyl (C=O) groups excluding carboxylic acids is 1. The summed E-state index contributed by atoms with van der Waals surface area (Å²) in [5.74, 6) is -0.0759. The van der Waals surface area contributed by atoms with Crippen LogP contribution in [0.15, 0.2) is 12.7 Å². The second-order valence-corrected chi connectivity index (χ2v) is 3.08. The third-order valence-electron chi connectivity index (χ3n) is 2.14. The average molecular weight is 168 g/mol. The van der Waals surface area contributed by atoms with Crippen molar-refractivity contribution in [3.8, 4) is 0 Å². The molecule has 0 unspecified atom stereocenters. The Bertz CT molecular complexity index is 162. The fourth-order valence-corrected chi connectivity index (χ4v) is 1.44. The van der Waals surface area contributed by atoms with Gasteiger partial charge in [-0.05, 0) is 31.9 Å². The van der Waals surface area contributed by atoms with Crippen molar-refractivity contribution < 1.29 is 4.79 Å². The summed E-state index contributed by atoms with van der Waals surface area (Å²) in [6, 6.07) is 0.607. The van der Waals surface area contributed by atoms with E-state index in [9.17, 15) is 4.79 Å². The zero-order chi connectivity index (χ0) is 8.81. The van der Waals surface area contributed by atoms with Crippen LogP contribution in [0.4, 0.5) is 0 Å². The molecule has 1 fully saturated rings. The molecule has 0 aromatic rings. The summed E-state index contributed by atoms with van der Waals surface area (Å²) in [5.41, 5.74) is 0. The summed E-state index contributed by atoms with van der Waals surface area (Å²) < 4.78 is 0. The molecule has 0 saturated carbocycles. The van der Waals surface area contributed by atoms with E-state index in [-0.39, 0.29) is 5.91 Å². The van der Waals surface area contributed by atoms with Crippen LogP contribution in [0.2, 0.25) is 0 Å². The average Bonchev–Trinajstić information content (AvgIpc) is 2.57. The van der Waals surface area contributed by atoms with Gasteiger partial charge in [-0.25, -0.2) is 0 Å². The minimum Gasteiger partial charge on any atom is -0.353 e. The molecule has 0 spiro atoms. The Balaban J connectivity index is 2.01. The molecule has 0 aromatic carbocycles. The first-order valence-electron chi connectivity index (χ1n) is 4.46. The summed E-state index contributed by atoms with van der Waals surface area (Å²) in [6.07, 6.45) is 4.84. The third-order valence-corrected chi connectivity index (χ3v) is 2.14. The molecule has 0 aromatic heterocycles. The highest BCUT2D eigenvalue weighted by molar-refractivity contribution is 5.86. The maximum Gasteiger partial charge on any atom is 0.243 e. The number of rotatable bonds is 4. The first kappa shape index (κ1) is 9.26. The van der Waals surface area contributed by atoms with Crippen LogP contribution in [0.3, 0.4) is 0 Å². The van der Waals surface area contributed by atoms with Gasteiger partial charge in [0.2, 0.25) is 5.91 Å². The molecule has 1 heterocycles. The van der Waals surface area contributed by atoms with Crippen LogP contribution in [0.5, 0.6) is 0 Å². The van der Waals surface area contributed by atoms with Gasteiger partial charge in [0.15, 0.2) is 0 Å². The largest absolute Gasteiger partial charge is 0.353 e. The van der Waals surface area contributed by atoms with Gasteiger partial charge >= 0.3 is 0 Å². The molecule has 1 rings (SSSR count). The quantitative estimate of drug-likeness (QED) is 0.598. The highest BCUT2D eigenvalue weighted by Gasteiger charge is 2.12. The van der Waals surface area contributed by atoms with Crippen LogP contribution in [-0.4, -0.2) is 25.0 Å². The molecule has 1 amide bonds. The van der Waals surface area contributed by atoms with E-state index in [1.54, 1.807) is 0 Å². The normalized spacial score (nSPS) is 22.2. The molecule has 0 aliphatic carbocycles. The molecule has 1 aliphatic heterocycles. The summed E-state index contributed by atoms with van der Waals surface area (Å²) in [6.45, 7) is 5.26. The van der Waals surface area contributed by atoms with Crippen molar-refractivity contribution in [1.29, 1.82) is 0 Å². The Labute approximate surface area is 73.2 Å². The third kappa shape index (κ3) is 3.05. The predicted molar refractivity (Wildman–Crippen MR) is 48.8 cm³/mol. The van der Waals surface area contributed by atoms with Gasteiger partial charge in [0, 0.05) is 12.6 Å². The second kappa shape index (κ2) is 4.93. The van der Waals surface area contributed by atoms with Crippen molar-refractivity contribution in [2.24, 2.45) is 0 Å². The smallest absolute Gasteiger partial charge is 0.243 e. The van der Waals surface area contributed by atoms with E-state index in [0.29, 0.717) is 6.04 Å². The standard InChI is InChI=1S/C9H16N2O/c1-2-9(12)11-7-5-8-4-3-6-10-8/h2,8,10H,1,3-7H2,(H,11,12)/t8-/m0/s1. The summed E-state index contributed by atoms with van der Waals surface area (Å²) in [7, 11) is 0. The number of carbonyl (C=O) groups is 1. The minimum absolute atomic E-state index is 0.0759. The number of amides is 1.